The van der Waals surface area contributed by atoms with Crippen molar-refractivity contribution in [1.29, 1.82) is 0 Å². The molecule has 0 aliphatic carbocycles. The van der Waals surface area contributed by atoms with Gasteiger partial charge in [0, 0.05) is 25.6 Å². The van der Waals surface area contributed by atoms with Crippen LogP contribution in [0.4, 0.5) is 0 Å². The molecule has 1 saturated heterocycles. The first-order valence-electron chi connectivity index (χ1n) is 6.19. The molecule has 5 heteroatoms. The lowest BCUT2D eigenvalue weighted by Gasteiger charge is -2.19. The van der Waals surface area contributed by atoms with Gasteiger partial charge in [0.05, 0.1) is 5.92 Å². The predicted octanol–water partition coefficient (Wildman–Crippen LogP) is 0.554. The molecule has 0 spiro atoms. The van der Waals surface area contributed by atoms with E-state index in [9.17, 15) is 9.59 Å². The third-order valence-corrected chi connectivity index (χ3v) is 3.32. The zero-order valence-corrected chi connectivity index (χ0v) is 10.8. The van der Waals surface area contributed by atoms with Crippen LogP contribution in [-0.4, -0.2) is 47.6 Å². The van der Waals surface area contributed by atoms with Crippen molar-refractivity contribution in [2.24, 2.45) is 11.8 Å². The van der Waals surface area contributed by atoms with Crippen molar-refractivity contribution in [3.05, 3.63) is 0 Å². The van der Waals surface area contributed by atoms with Gasteiger partial charge in [-0.15, -0.1) is 0 Å². The zero-order chi connectivity index (χ0) is 13.0. The summed E-state index contributed by atoms with van der Waals surface area (Å²) < 4.78 is 0. The maximum Gasteiger partial charge on any atom is 0.308 e. The standard InChI is InChI=1S/C12H22N2O3/c1-4-13-9(3)5-11(15)14-6-8(2)10(7-14)12(16)17/h8-10,13H,4-7H2,1-3H3,(H,16,17). The van der Waals surface area contributed by atoms with Gasteiger partial charge in [-0.3, -0.25) is 9.59 Å². The van der Waals surface area contributed by atoms with Crippen LogP contribution in [-0.2, 0) is 9.59 Å². The normalized spacial score (nSPS) is 25.9. The summed E-state index contributed by atoms with van der Waals surface area (Å²) in [6, 6.07) is 0.145. The topological polar surface area (TPSA) is 69.6 Å². The third-order valence-electron chi connectivity index (χ3n) is 3.32. The second kappa shape index (κ2) is 6.00. The average Bonchev–Trinajstić information content (AvgIpc) is 2.60. The monoisotopic (exact) mass is 242 g/mol. The van der Waals surface area contributed by atoms with E-state index in [4.69, 9.17) is 5.11 Å². The lowest BCUT2D eigenvalue weighted by Crippen LogP contribution is -2.36. The quantitative estimate of drug-likeness (QED) is 0.739. The summed E-state index contributed by atoms with van der Waals surface area (Å²) in [5.41, 5.74) is 0. The van der Waals surface area contributed by atoms with Crippen molar-refractivity contribution in [3.63, 3.8) is 0 Å². The number of likely N-dealkylation sites (tertiary alicyclic amines) is 1. The number of nitrogens with one attached hydrogen (secondary N) is 1. The number of nitrogens with zero attached hydrogens (tertiary/aromatic N) is 1. The first-order valence-corrected chi connectivity index (χ1v) is 6.19. The van der Waals surface area contributed by atoms with Gasteiger partial charge in [0.25, 0.3) is 0 Å². The number of hydrogen-bond acceptors (Lipinski definition) is 3. The molecule has 1 aliphatic heterocycles. The van der Waals surface area contributed by atoms with Gasteiger partial charge in [0.1, 0.15) is 0 Å². The van der Waals surface area contributed by atoms with Crippen LogP contribution in [0.3, 0.4) is 0 Å². The smallest absolute Gasteiger partial charge is 0.308 e. The highest BCUT2D eigenvalue weighted by Gasteiger charge is 2.36. The number of aliphatic carboxylic acids is 1. The molecule has 3 unspecified atom stereocenters. The van der Waals surface area contributed by atoms with Crippen LogP contribution in [0.2, 0.25) is 0 Å². The summed E-state index contributed by atoms with van der Waals surface area (Å²) in [6.07, 6.45) is 0.437. The Balaban J connectivity index is 2.47. The van der Waals surface area contributed by atoms with Crippen molar-refractivity contribution in [1.82, 2.24) is 10.2 Å². The van der Waals surface area contributed by atoms with Crippen LogP contribution in [0.5, 0.6) is 0 Å². The molecule has 0 radical (unpaired) electrons. The van der Waals surface area contributed by atoms with Crippen molar-refractivity contribution in [3.8, 4) is 0 Å². The van der Waals surface area contributed by atoms with Crippen molar-refractivity contribution >= 4 is 11.9 Å². The van der Waals surface area contributed by atoms with Crippen LogP contribution < -0.4 is 5.32 Å². The Morgan fingerprint density at radius 3 is 2.59 bits per heavy atom. The number of carbonyl (C=O) groups excluding carboxylic acids is 1. The van der Waals surface area contributed by atoms with E-state index >= 15 is 0 Å². The highest BCUT2D eigenvalue weighted by molar-refractivity contribution is 5.79. The lowest BCUT2D eigenvalue weighted by atomic mass is 9.99. The Morgan fingerprint density at radius 2 is 2.12 bits per heavy atom. The maximum absolute atomic E-state index is 11.9. The van der Waals surface area contributed by atoms with Gasteiger partial charge in [-0.1, -0.05) is 13.8 Å². The first kappa shape index (κ1) is 14.0. The van der Waals surface area contributed by atoms with Gasteiger partial charge in [0.2, 0.25) is 5.91 Å². The molecule has 1 aliphatic rings. The summed E-state index contributed by atoms with van der Waals surface area (Å²) in [5, 5.41) is 12.2. The van der Waals surface area contributed by atoms with Crippen LogP contribution in [0.25, 0.3) is 0 Å². The fourth-order valence-electron chi connectivity index (χ4n) is 2.30. The van der Waals surface area contributed by atoms with Crippen LogP contribution in [0.1, 0.15) is 27.2 Å². The predicted molar refractivity (Wildman–Crippen MR) is 64.6 cm³/mol. The zero-order valence-electron chi connectivity index (χ0n) is 10.8. The second-order valence-electron chi connectivity index (χ2n) is 4.88. The van der Waals surface area contributed by atoms with E-state index in [-0.39, 0.29) is 17.9 Å². The number of carboxylic acid groups (broad SMARTS) is 1. The minimum atomic E-state index is -0.799. The molecule has 0 saturated carbocycles. The van der Waals surface area contributed by atoms with Crippen LogP contribution in [0, 0.1) is 11.8 Å². The molecule has 1 amide bonds. The SMILES string of the molecule is CCNC(C)CC(=O)N1CC(C)C(C(=O)O)C1. The molecule has 1 fully saturated rings. The van der Waals surface area contributed by atoms with E-state index < -0.39 is 11.9 Å². The van der Waals surface area contributed by atoms with Crippen LogP contribution in [0.15, 0.2) is 0 Å². The average molecular weight is 242 g/mol. The van der Waals surface area contributed by atoms with E-state index in [1.165, 1.54) is 0 Å². The third kappa shape index (κ3) is 3.70. The number of carboxylic acids is 1. The maximum atomic E-state index is 11.9. The van der Waals surface area contributed by atoms with Crippen molar-refractivity contribution in [2.45, 2.75) is 33.2 Å². The minimum Gasteiger partial charge on any atom is -0.481 e. The van der Waals surface area contributed by atoms with E-state index in [1.807, 2.05) is 20.8 Å². The van der Waals surface area contributed by atoms with Gasteiger partial charge in [-0.25, -0.2) is 0 Å². The molecule has 98 valence electrons. The molecule has 1 heterocycles. The minimum absolute atomic E-state index is 0.0471. The molecule has 0 aromatic heterocycles. The summed E-state index contributed by atoms with van der Waals surface area (Å²) >= 11 is 0. The van der Waals surface area contributed by atoms with E-state index in [0.29, 0.717) is 19.5 Å². The molecule has 0 aromatic rings. The molecule has 0 aromatic carbocycles. The summed E-state index contributed by atoms with van der Waals surface area (Å²) in [6.45, 7) is 7.61. The molecule has 1 rings (SSSR count). The molecule has 5 nitrogen and oxygen atoms in total. The summed E-state index contributed by atoms with van der Waals surface area (Å²) in [5.74, 6) is -1.11. The van der Waals surface area contributed by atoms with Gasteiger partial charge in [0.15, 0.2) is 0 Å². The van der Waals surface area contributed by atoms with E-state index in [1.54, 1.807) is 4.90 Å². The van der Waals surface area contributed by atoms with Gasteiger partial charge >= 0.3 is 5.97 Å². The first-order chi connectivity index (χ1) is 7.95. The summed E-state index contributed by atoms with van der Waals surface area (Å²) in [7, 11) is 0. The Labute approximate surface area is 102 Å². The molecule has 3 atom stereocenters. The number of amides is 1. The van der Waals surface area contributed by atoms with Gasteiger partial charge in [-0.05, 0) is 19.4 Å². The Morgan fingerprint density at radius 1 is 1.47 bits per heavy atom. The molecular formula is C12H22N2O3. The number of carbonyl (C=O) groups is 2. The Kier molecular flexibility index (Phi) is 4.93. The van der Waals surface area contributed by atoms with Crippen LogP contribution >= 0.6 is 0 Å². The van der Waals surface area contributed by atoms with Crippen molar-refractivity contribution < 1.29 is 14.7 Å². The number of rotatable bonds is 5. The molecule has 2 N–H and O–H groups in total. The molecule has 17 heavy (non-hydrogen) atoms. The largest absolute Gasteiger partial charge is 0.481 e. The van der Waals surface area contributed by atoms with Gasteiger partial charge < -0.3 is 15.3 Å². The fourth-order valence-corrected chi connectivity index (χ4v) is 2.30. The Bertz CT molecular complexity index is 293. The fraction of sp³-hybridized carbons (Fsp3) is 0.833. The van der Waals surface area contributed by atoms with E-state index in [0.717, 1.165) is 6.54 Å². The molecule has 0 bridgehead atoms. The summed E-state index contributed by atoms with van der Waals surface area (Å²) in [4.78, 5) is 24.6. The molecular weight excluding hydrogens is 220 g/mol. The Hall–Kier alpha value is -1.10. The lowest BCUT2D eigenvalue weighted by molar-refractivity contribution is -0.142. The highest BCUT2D eigenvalue weighted by Crippen LogP contribution is 2.23. The van der Waals surface area contributed by atoms with Gasteiger partial charge in [-0.2, -0.15) is 0 Å². The number of hydrogen-bond donors (Lipinski definition) is 2. The van der Waals surface area contributed by atoms with E-state index in [2.05, 4.69) is 5.32 Å². The highest BCUT2D eigenvalue weighted by atomic mass is 16.4. The van der Waals surface area contributed by atoms with Crippen molar-refractivity contribution in [2.75, 3.05) is 19.6 Å². The second-order valence-corrected chi connectivity index (χ2v) is 4.88.